The number of carbonyl (C=O) groups excluding carboxylic acids is 1. The van der Waals surface area contributed by atoms with E-state index in [0.717, 1.165) is 31.8 Å². The van der Waals surface area contributed by atoms with Crippen LogP contribution >= 0.6 is 0 Å². The first-order valence-electron chi connectivity index (χ1n) is 10.9. The van der Waals surface area contributed by atoms with Gasteiger partial charge in [0.2, 0.25) is 0 Å². The van der Waals surface area contributed by atoms with Gasteiger partial charge in [-0.15, -0.1) is 5.10 Å². The number of benzene rings is 2. The van der Waals surface area contributed by atoms with Crippen molar-refractivity contribution in [3.8, 4) is 0 Å². The normalized spacial score (nSPS) is 17.1. The highest BCUT2D eigenvalue weighted by Gasteiger charge is 2.30. The predicted octanol–water partition coefficient (Wildman–Crippen LogP) is 2.62. The summed E-state index contributed by atoms with van der Waals surface area (Å²) in [5.41, 5.74) is 2.55. The molecule has 0 bridgehead atoms. The van der Waals surface area contributed by atoms with Crippen LogP contribution in [0.15, 0.2) is 60.7 Å². The lowest BCUT2D eigenvalue weighted by Crippen LogP contribution is -2.52. The number of nitrogens with one attached hydrogen (secondary N) is 1. The Kier molecular flexibility index (Phi) is 5.62. The van der Waals surface area contributed by atoms with Crippen LogP contribution in [0.5, 0.6) is 0 Å². The van der Waals surface area contributed by atoms with Gasteiger partial charge in [-0.3, -0.25) is 4.90 Å². The summed E-state index contributed by atoms with van der Waals surface area (Å²) in [6.45, 7) is 3.38. The largest absolute Gasteiger partial charge is 0.331 e. The van der Waals surface area contributed by atoms with Crippen LogP contribution in [0.2, 0.25) is 0 Å². The second-order valence-electron chi connectivity index (χ2n) is 8.18. The molecule has 1 N–H and O–H groups in total. The monoisotopic (exact) mass is 417 g/mol. The maximum Gasteiger partial charge on any atom is 0.317 e. The highest BCUT2D eigenvalue weighted by molar-refractivity contribution is 5.74. The lowest BCUT2D eigenvalue weighted by atomic mass is 9.96. The van der Waals surface area contributed by atoms with Crippen LogP contribution < -0.4 is 5.32 Å². The van der Waals surface area contributed by atoms with E-state index in [0.29, 0.717) is 25.7 Å². The van der Waals surface area contributed by atoms with Gasteiger partial charge in [0.15, 0.2) is 5.82 Å². The number of hydrogen-bond acceptors (Lipinski definition) is 5. The Hall–Kier alpha value is -3.26. The van der Waals surface area contributed by atoms with E-state index in [-0.39, 0.29) is 12.1 Å². The molecule has 2 fully saturated rings. The van der Waals surface area contributed by atoms with E-state index >= 15 is 0 Å². The number of nitrogens with zero attached hydrogens (tertiary/aromatic N) is 6. The minimum Gasteiger partial charge on any atom is -0.331 e. The van der Waals surface area contributed by atoms with E-state index in [4.69, 9.17) is 0 Å². The van der Waals surface area contributed by atoms with Gasteiger partial charge in [0.1, 0.15) is 0 Å². The molecule has 1 aliphatic carbocycles. The number of urea groups is 1. The summed E-state index contributed by atoms with van der Waals surface area (Å²) < 4.78 is 1.84. The van der Waals surface area contributed by atoms with E-state index < -0.39 is 0 Å². The maximum absolute atomic E-state index is 12.7. The van der Waals surface area contributed by atoms with E-state index in [9.17, 15) is 4.79 Å². The molecule has 2 heterocycles. The maximum atomic E-state index is 12.7. The van der Waals surface area contributed by atoms with Gasteiger partial charge in [-0.2, -0.15) is 0 Å². The molecule has 1 aromatic heterocycles. The number of piperazine rings is 1. The fraction of sp³-hybridized carbons (Fsp3) is 0.391. The molecule has 2 amide bonds. The smallest absolute Gasteiger partial charge is 0.317 e. The van der Waals surface area contributed by atoms with Crippen LogP contribution in [-0.4, -0.2) is 62.2 Å². The summed E-state index contributed by atoms with van der Waals surface area (Å²) >= 11 is 0. The molecule has 1 saturated heterocycles. The van der Waals surface area contributed by atoms with Crippen molar-refractivity contribution in [2.24, 2.45) is 0 Å². The Balaban J connectivity index is 1.21. The quantitative estimate of drug-likeness (QED) is 0.667. The summed E-state index contributed by atoms with van der Waals surface area (Å²) in [5, 5.41) is 14.8. The van der Waals surface area contributed by atoms with Crippen molar-refractivity contribution < 1.29 is 4.79 Å². The van der Waals surface area contributed by atoms with Crippen molar-refractivity contribution in [3.05, 3.63) is 77.6 Å². The second kappa shape index (κ2) is 8.85. The third-order valence-electron chi connectivity index (χ3n) is 6.05. The average molecular weight is 418 g/mol. The molecule has 1 aliphatic heterocycles. The molecule has 1 saturated carbocycles. The SMILES string of the molecule is O=C(NCc1nnnn1C1CC1)N1CCN(C(c2ccccc2)c2ccccc2)CC1. The number of aromatic nitrogens is 4. The van der Waals surface area contributed by atoms with Gasteiger partial charge in [0, 0.05) is 26.2 Å². The number of carbonyl (C=O) groups is 1. The topological polar surface area (TPSA) is 79.2 Å². The Bertz CT molecular complexity index is 956. The van der Waals surface area contributed by atoms with Gasteiger partial charge < -0.3 is 10.2 Å². The molecule has 8 heteroatoms. The number of amides is 2. The fourth-order valence-corrected chi connectivity index (χ4v) is 4.27. The third kappa shape index (κ3) is 4.44. The summed E-state index contributed by atoms with van der Waals surface area (Å²) in [5.74, 6) is 0.725. The lowest BCUT2D eigenvalue weighted by molar-refractivity contribution is 0.120. The van der Waals surface area contributed by atoms with Crippen molar-refractivity contribution in [1.29, 1.82) is 0 Å². The number of tetrazole rings is 1. The summed E-state index contributed by atoms with van der Waals surface area (Å²) in [4.78, 5) is 17.1. The molecular formula is C23H27N7O. The molecule has 8 nitrogen and oxygen atoms in total. The van der Waals surface area contributed by atoms with Crippen molar-refractivity contribution in [2.75, 3.05) is 26.2 Å². The molecule has 2 aliphatic rings. The highest BCUT2D eigenvalue weighted by Crippen LogP contribution is 2.34. The fourth-order valence-electron chi connectivity index (χ4n) is 4.27. The van der Waals surface area contributed by atoms with Crippen molar-refractivity contribution in [2.45, 2.75) is 31.5 Å². The minimum atomic E-state index is -0.0547. The Morgan fingerprint density at radius 3 is 2.13 bits per heavy atom. The van der Waals surface area contributed by atoms with E-state index in [1.807, 2.05) is 21.7 Å². The number of rotatable bonds is 6. The molecule has 2 aromatic carbocycles. The van der Waals surface area contributed by atoms with Crippen LogP contribution in [0.25, 0.3) is 0 Å². The lowest BCUT2D eigenvalue weighted by Gasteiger charge is -2.39. The van der Waals surface area contributed by atoms with Crippen molar-refractivity contribution >= 4 is 6.03 Å². The average Bonchev–Trinajstić information content (AvgIpc) is 3.57. The van der Waals surface area contributed by atoms with Gasteiger partial charge in [-0.1, -0.05) is 60.7 Å². The van der Waals surface area contributed by atoms with Gasteiger partial charge in [-0.25, -0.2) is 9.48 Å². The summed E-state index contributed by atoms with van der Waals surface area (Å²) in [7, 11) is 0. The first-order valence-corrected chi connectivity index (χ1v) is 10.9. The molecule has 0 radical (unpaired) electrons. The van der Waals surface area contributed by atoms with Crippen LogP contribution in [0.3, 0.4) is 0 Å². The van der Waals surface area contributed by atoms with E-state index in [1.165, 1.54) is 11.1 Å². The molecular weight excluding hydrogens is 390 g/mol. The predicted molar refractivity (Wildman–Crippen MR) is 116 cm³/mol. The molecule has 160 valence electrons. The van der Waals surface area contributed by atoms with Crippen LogP contribution in [0, 0.1) is 0 Å². The van der Waals surface area contributed by atoms with Crippen LogP contribution in [0.1, 0.15) is 41.9 Å². The van der Waals surface area contributed by atoms with Gasteiger partial charge in [-0.05, 0) is 34.4 Å². The van der Waals surface area contributed by atoms with Crippen molar-refractivity contribution in [3.63, 3.8) is 0 Å². The highest BCUT2D eigenvalue weighted by atomic mass is 16.2. The Morgan fingerprint density at radius 2 is 1.55 bits per heavy atom. The zero-order chi connectivity index (χ0) is 21.0. The minimum absolute atomic E-state index is 0.0547. The van der Waals surface area contributed by atoms with Crippen LogP contribution in [0.4, 0.5) is 4.79 Å². The molecule has 0 unspecified atom stereocenters. The second-order valence-corrected chi connectivity index (χ2v) is 8.18. The van der Waals surface area contributed by atoms with E-state index in [1.54, 1.807) is 0 Å². The van der Waals surface area contributed by atoms with E-state index in [2.05, 4.69) is 74.3 Å². The Labute approximate surface area is 181 Å². The zero-order valence-electron chi connectivity index (χ0n) is 17.5. The first kappa shape index (κ1) is 19.7. The van der Waals surface area contributed by atoms with Gasteiger partial charge >= 0.3 is 6.03 Å². The summed E-state index contributed by atoms with van der Waals surface area (Å²) in [6, 6.07) is 21.7. The molecule has 5 rings (SSSR count). The molecule has 0 atom stereocenters. The molecule has 3 aromatic rings. The van der Waals surface area contributed by atoms with Gasteiger partial charge in [0.25, 0.3) is 0 Å². The molecule has 0 spiro atoms. The summed E-state index contributed by atoms with van der Waals surface area (Å²) in [6.07, 6.45) is 2.22. The van der Waals surface area contributed by atoms with Gasteiger partial charge in [0.05, 0.1) is 18.6 Å². The Morgan fingerprint density at radius 1 is 0.935 bits per heavy atom. The third-order valence-corrected chi connectivity index (χ3v) is 6.05. The van der Waals surface area contributed by atoms with Crippen LogP contribution in [-0.2, 0) is 6.54 Å². The first-order chi connectivity index (χ1) is 15.3. The van der Waals surface area contributed by atoms with Crippen molar-refractivity contribution in [1.82, 2.24) is 35.3 Å². The standard InChI is InChI=1S/C23H27N7O/c31-23(24-17-21-25-26-27-30(21)20-11-12-20)29-15-13-28(14-16-29)22(18-7-3-1-4-8-18)19-9-5-2-6-10-19/h1-10,20,22H,11-17H2,(H,24,31). The number of hydrogen-bond donors (Lipinski definition) is 1. The molecule has 31 heavy (non-hydrogen) atoms. The zero-order valence-corrected chi connectivity index (χ0v) is 17.5.